The number of hydrogen-bond donors (Lipinski definition) is 1. The van der Waals surface area contributed by atoms with Crippen molar-refractivity contribution in [1.82, 2.24) is 14.8 Å². The zero-order valence-corrected chi connectivity index (χ0v) is 14.2. The largest absolute Gasteiger partial charge is 0.298 e. The van der Waals surface area contributed by atoms with E-state index in [9.17, 15) is 4.79 Å². The van der Waals surface area contributed by atoms with Gasteiger partial charge in [-0.15, -0.1) is 11.3 Å². The number of amides is 1. The molecule has 3 rings (SSSR count). The maximum Gasteiger partial charge on any atom is 0.260 e. The molecule has 5 nitrogen and oxygen atoms in total. The number of hydrogen-bond acceptors (Lipinski definition) is 4. The smallest absolute Gasteiger partial charge is 0.260 e. The van der Waals surface area contributed by atoms with Gasteiger partial charge in [-0.2, -0.15) is 5.10 Å². The lowest BCUT2D eigenvalue weighted by Gasteiger charge is -2.18. The maximum atomic E-state index is 12.3. The predicted octanol–water partition coefficient (Wildman–Crippen LogP) is 3.62. The Kier molecular flexibility index (Phi) is 4.04. The molecule has 0 saturated heterocycles. The molecule has 0 spiro atoms. The van der Waals surface area contributed by atoms with Gasteiger partial charge in [-0.05, 0) is 46.5 Å². The summed E-state index contributed by atoms with van der Waals surface area (Å²) in [6.07, 6.45) is 9.21. The van der Waals surface area contributed by atoms with Crippen LogP contribution in [-0.4, -0.2) is 20.7 Å². The number of thiazole rings is 1. The topological polar surface area (TPSA) is 59.8 Å². The van der Waals surface area contributed by atoms with E-state index in [4.69, 9.17) is 0 Å². The van der Waals surface area contributed by atoms with Crippen molar-refractivity contribution in [1.29, 1.82) is 0 Å². The summed E-state index contributed by atoms with van der Waals surface area (Å²) >= 11 is 1.61. The molecule has 0 atom stereocenters. The van der Waals surface area contributed by atoms with Crippen molar-refractivity contribution in [2.24, 2.45) is 0 Å². The van der Waals surface area contributed by atoms with Crippen LogP contribution in [0.3, 0.4) is 0 Å². The molecule has 118 valence electrons. The first kappa shape index (κ1) is 15.2. The number of aromatic nitrogens is 3. The quantitative estimate of drug-likeness (QED) is 0.860. The number of rotatable bonds is 2. The average molecular weight is 318 g/mol. The van der Waals surface area contributed by atoms with Gasteiger partial charge in [0, 0.05) is 11.1 Å². The van der Waals surface area contributed by atoms with Gasteiger partial charge in [0.25, 0.3) is 5.91 Å². The highest BCUT2D eigenvalue weighted by molar-refractivity contribution is 7.15. The van der Waals surface area contributed by atoms with E-state index in [2.05, 4.69) is 36.2 Å². The molecule has 2 aromatic rings. The summed E-state index contributed by atoms with van der Waals surface area (Å²) in [7, 11) is 0. The summed E-state index contributed by atoms with van der Waals surface area (Å²) in [5.74, 6) is -0.139. The Morgan fingerprint density at radius 2 is 2.05 bits per heavy atom. The van der Waals surface area contributed by atoms with E-state index in [0.29, 0.717) is 10.7 Å². The van der Waals surface area contributed by atoms with E-state index >= 15 is 0 Å². The summed E-state index contributed by atoms with van der Waals surface area (Å²) in [5.41, 5.74) is 1.61. The van der Waals surface area contributed by atoms with E-state index < -0.39 is 0 Å². The van der Waals surface area contributed by atoms with E-state index in [1.54, 1.807) is 28.4 Å². The minimum Gasteiger partial charge on any atom is -0.298 e. The van der Waals surface area contributed by atoms with Crippen LogP contribution in [0.4, 0.5) is 5.13 Å². The molecule has 2 heterocycles. The van der Waals surface area contributed by atoms with Crippen LogP contribution in [0, 0.1) is 0 Å². The third kappa shape index (κ3) is 3.21. The summed E-state index contributed by atoms with van der Waals surface area (Å²) in [6.45, 7) is 6.17. The van der Waals surface area contributed by atoms with Crippen LogP contribution in [0.15, 0.2) is 12.4 Å². The number of fused-ring (bicyclic) bond motifs is 1. The lowest BCUT2D eigenvalue weighted by Crippen LogP contribution is -2.22. The lowest BCUT2D eigenvalue weighted by molar-refractivity contribution is 0.102. The Labute approximate surface area is 134 Å². The molecule has 1 N–H and O–H groups in total. The Morgan fingerprint density at radius 1 is 1.27 bits per heavy atom. The third-order valence-corrected chi connectivity index (χ3v) is 4.92. The number of nitrogens with zero attached hydrogens (tertiary/aromatic N) is 3. The molecule has 0 saturated carbocycles. The minimum atomic E-state index is -0.139. The first-order valence-corrected chi connectivity index (χ1v) is 8.60. The number of nitrogens with one attached hydrogen (secondary N) is 1. The van der Waals surface area contributed by atoms with Gasteiger partial charge in [0.15, 0.2) is 5.13 Å². The molecule has 1 amide bonds. The maximum absolute atomic E-state index is 12.3. The summed E-state index contributed by atoms with van der Waals surface area (Å²) in [6, 6.07) is 0. The van der Waals surface area contributed by atoms with Crippen molar-refractivity contribution in [3.63, 3.8) is 0 Å². The molecule has 6 heteroatoms. The predicted molar refractivity (Wildman–Crippen MR) is 88.5 cm³/mol. The van der Waals surface area contributed by atoms with Crippen molar-refractivity contribution in [3.8, 4) is 0 Å². The first-order valence-electron chi connectivity index (χ1n) is 7.78. The van der Waals surface area contributed by atoms with Gasteiger partial charge in [-0.25, -0.2) is 4.98 Å². The van der Waals surface area contributed by atoms with Gasteiger partial charge in [0.2, 0.25) is 0 Å². The van der Waals surface area contributed by atoms with Gasteiger partial charge in [-0.1, -0.05) is 6.42 Å². The summed E-state index contributed by atoms with van der Waals surface area (Å²) < 4.78 is 1.80. The Balaban J connectivity index is 1.73. The Hall–Kier alpha value is -1.69. The van der Waals surface area contributed by atoms with Crippen LogP contribution in [0.1, 0.15) is 61.0 Å². The van der Waals surface area contributed by atoms with Crippen LogP contribution < -0.4 is 5.32 Å². The second-order valence-corrected chi connectivity index (χ2v) is 7.83. The number of carbonyl (C=O) groups excluding carboxylic acids is 1. The third-order valence-electron chi connectivity index (χ3n) is 3.85. The molecular weight excluding hydrogens is 296 g/mol. The lowest BCUT2D eigenvalue weighted by atomic mass is 10.1. The second-order valence-electron chi connectivity index (χ2n) is 6.75. The van der Waals surface area contributed by atoms with Crippen molar-refractivity contribution in [3.05, 3.63) is 28.5 Å². The van der Waals surface area contributed by atoms with E-state index in [-0.39, 0.29) is 11.4 Å². The van der Waals surface area contributed by atoms with Crippen LogP contribution in [0.25, 0.3) is 0 Å². The van der Waals surface area contributed by atoms with Crippen LogP contribution in [-0.2, 0) is 18.4 Å². The molecule has 0 unspecified atom stereocenters. The highest BCUT2D eigenvalue weighted by atomic mass is 32.1. The van der Waals surface area contributed by atoms with E-state index in [0.717, 1.165) is 12.8 Å². The van der Waals surface area contributed by atoms with Gasteiger partial charge < -0.3 is 0 Å². The molecule has 0 fully saturated rings. The SMILES string of the molecule is CC(C)(C)n1cc(C(=O)Nc2nc3c(s2)CCCCC3)cn1. The summed E-state index contributed by atoms with van der Waals surface area (Å²) in [5, 5.41) is 7.89. The van der Waals surface area contributed by atoms with E-state index in [1.807, 2.05) is 0 Å². The van der Waals surface area contributed by atoms with Crippen molar-refractivity contribution >= 4 is 22.4 Å². The van der Waals surface area contributed by atoms with Gasteiger partial charge in [0.1, 0.15) is 0 Å². The van der Waals surface area contributed by atoms with Crippen LogP contribution in [0.5, 0.6) is 0 Å². The average Bonchev–Trinajstić information content (AvgIpc) is 3.01. The van der Waals surface area contributed by atoms with E-state index in [1.165, 1.54) is 29.8 Å². The fraction of sp³-hybridized carbons (Fsp3) is 0.562. The molecule has 0 aromatic carbocycles. The molecule has 1 aliphatic carbocycles. The molecule has 0 radical (unpaired) electrons. The van der Waals surface area contributed by atoms with Gasteiger partial charge in [0.05, 0.1) is 23.0 Å². The van der Waals surface area contributed by atoms with Crippen LogP contribution in [0.2, 0.25) is 0 Å². The molecule has 22 heavy (non-hydrogen) atoms. The van der Waals surface area contributed by atoms with Gasteiger partial charge in [-0.3, -0.25) is 14.8 Å². The van der Waals surface area contributed by atoms with Crippen molar-refractivity contribution in [2.75, 3.05) is 5.32 Å². The molecular formula is C16H22N4OS. The Bertz CT molecular complexity index is 657. The van der Waals surface area contributed by atoms with Gasteiger partial charge >= 0.3 is 0 Å². The Morgan fingerprint density at radius 3 is 2.77 bits per heavy atom. The number of anilines is 1. The standard InChI is InChI=1S/C16H22N4OS/c1-16(2,3)20-10-11(9-17-20)14(21)19-15-18-12-7-5-4-6-8-13(12)22-15/h9-10H,4-8H2,1-3H3,(H,18,19,21). The molecule has 0 aliphatic heterocycles. The number of carbonyl (C=O) groups is 1. The normalized spacial score (nSPS) is 15.2. The van der Waals surface area contributed by atoms with Crippen molar-refractivity contribution < 1.29 is 4.79 Å². The zero-order chi connectivity index (χ0) is 15.7. The van der Waals surface area contributed by atoms with Crippen LogP contribution >= 0.6 is 11.3 Å². The first-order chi connectivity index (χ1) is 10.4. The van der Waals surface area contributed by atoms with Crippen molar-refractivity contribution in [2.45, 2.75) is 58.4 Å². The highest BCUT2D eigenvalue weighted by Gasteiger charge is 2.19. The second kappa shape index (κ2) is 5.83. The fourth-order valence-electron chi connectivity index (χ4n) is 2.56. The fourth-order valence-corrected chi connectivity index (χ4v) is 3.60. The monoisotopic (exact) mass is 318 g/mol. The summed E-state index contributed by atoms with van der Waals surface area (Å²) in [4.78, 5) is 18.3. The highest BCUT2D eigenvalue weighted by Crippen LogP contribution is 2.29. The molecule has 1 aliphatic rings. The molecule has 2 aromatic heterocycles. The number of aryl methyl sites for hydroxylation is 2. The molecule has 0 bridgehead atoms. The zero-order valence-electron chi connectivity index (χ0n) is 13.3. The minimum absolute atomic E-state index is 0.128.